The number of piperidine rings is 1. The summed E-state index contributed by atoms with van der Waals surface area (Å²) in [5.74, 6) is 0.840. The number of benzene rings is 1. The molecule has 0 spiro atoms. The molecule has 122 valence electrons. The fourth-order valence-corrected chi connectivity index (χ4v) is 3.56. The number of hydrogen-bond acceptors (Lipinski definition) is 2. The highest BCUT2D eigenvalue weighted by molar-refractivity contribution is 5.86. The van der Waals surface area contributed by atoms with Gasteiger partial charge in [0.05, 0.1) is 5.41 Å². The summed E-state index contributed by atoms with van der Waals surface area (Å²) >= 11 is 0. The first-order valence-electron chi connectivity index (χ1n) is 8.20. The van der Waals surface area contributed by atoms with Crippen LogP contribution in [0.5, 0.6) is 0 Å². The van der Waals surface area contributed by atoms with Gasteiger partial charge in [-0.2, -0.15) is 0 Å². The molecule has 4 heteroatoms. The van der Waals surface area contributed by atoms with Crippen molar-refractivity contribution in [2.45, 2.75) is 45.1 Å². The Morgan fingerprint density at radius 1 is 1.36 bits per heavy atom. The van der Waals surface area contributed by atoms with E-state index in [0.29, 0.717) is 11.8 Å². The molecule has 1 aromatic rings. The normalized spacial score (nSPS) is 24.3. The number of hydrogen-bond donors (Lipinski definition) is 1. The molecule has 1 amide bonds. The van der Waals surface area contributed by atoms with Crippen molar-refractivity contribution in [1.82, 2.24) is 4.90 Å². The van der Waals surface area contributed by atoms with Crippen molar-refractivity contribution in [1.29, 1.82) is 0 Å². The molecule has 1 aliphatic carbocycles. The largest absolute Gasteiger partial charge is 0.342 e. The smallest absolute Gasteiger partial charge is 0.229 e. The minimum atomic E-state index is -0.110. The van der Waals surface area contributed by atoms with Gasteiger partial charge in [-0.3, -0.25) is 4.79 Å². The van der Waals surface area contributed by atoms with Crippen LogP contribution >= 0.6 is 12.4 Å². The van der Waals surface area contributed by atoms with Crippen LogP contribution in [0.3, 0.4) is 0 Å². The Morgan fingerprint density at radius 2 is 2.05 bits per heavy atom. The van der Waals surface area contributed by atoms with E-state index < -0.39 is 0 Å². The molecule has 1 aliphatic heterocycles. The summed E-state index contributed by atoms with van der Waals surface area (Å²) in [4.78, 5) is 15.0. The monoisotopic (exact) mass is 322 g/mol. The van der Waals surface area contributed by atoms with Crippen molar-refractivity contribution in [3.63, 3.8) is 0 Å². The number of carbonyl (C=O) groups is 1. The molecule has 2 fully saturated rings. The summed E-state index contributed by atoms with van der Waals surface area (Å²) in [6.45, 7) is 3.83. The number of amides is 1. The Bertz CT molecular complexity index is 499. The molecule has 3 nitrogen and oxygen atoms in total. The predicted octanol–water partition coefficient (Wildman–Crippen LogP) is 3.02. The van der Waals surface area contributed by atoms with E-state index >= 15 is 0 Å². The molecule has 1 saturated carbocycles. The summed E-state index contributed by atoms with van der Waals surface area (Å²) in [5, 5.41) is 0. The quantitative estimate of drug-likeness (QED) is 0.926. The molecule has 0 radical (unpaired) electrons. The highest BCUT2D eigenvalue weighted by Crippen LogP contribution is 2.50. The highest BCUT2D eigenvalue weighted by atomic mass is 35.5. The third kappa shape index (κ3) is 3.64. The third-order valence-electron chi connectivity index (χ3n) is 5.18. The lowest BCUT2D eigenvalue weighted by Gasteiger charge is -2.36. The van der Waals surface area contributed by atoms with Gasteiger partial charge in [0, 0.05) is 19.1 Å². The third-order valence-corrected chi connectivity index (χ3v) is 5.18. The molecule has 2 unspecified atom stereocenters. The summed E-state index contributed by atoms with van der Waals surface area (Å²) < 4.78 is 0. The van der Waals surface area contributed by atoms with Crippen molar-refractivity contribution in [3.05, 3.63) is 35.9 Å². The molecule has 0 bridgehead atoms. The Balaban J connectivity index is 0.00000176. The number of rotatable bonds is 4. The summed E-state index contributed by atoms with van der Waals surface area (Å²) in [7, 11) is 0. The second-order valence-electron chi connectivity index (χ2n) is 6.96. The van der Waals surface area contributed by atoms with E-state index in [0.717, 1.165) is 45.2 Å². The number of halogens is 1. The van der Waals surface area contributed by atoms with Crippen molar-refractivity contribution in [2.75, 3.05) is 13.1 Å². The van der Waals surface area contributed by atoms with Crippen LogP contribution in [0, 0.1) is 11.3 Å². The average molecular weight is 323 g/mol. The van der Waals surface area contributed by atoms with Crippen molar-refractivity contribution in [3.8, 4) is 0 Å². The maximum atomic E-state index is 12.9. The molecule has 2 atom stereocenters. The van der Waals surface area contributed by atoms with Gasteiger partial charge in [0.2, 0.25) is 5.91 Å². The van der Waals surface area contributed by atoms with Gasteiger partial charge in [-0.1, -0.05) is 30.3 Å². The highest BCUT2D eigenvalue weighted by Gasteiger charge is 2.51. The fraction of sp³-hybridized carbons (Fsp3) is 0.611. The van der Waals surface area contributed by atoms with Crippen LogP contribution in [0.1, 0.15) is 38.2 Å². The van der Waals surface area contributed by atoms with Crippen LogP contribution in [0.15, 0.2) is 30.3 Å². The van der Waals surface area contributed by atoms with Gasteiger partial charge in [-0.05, 0) is 50.5 Å². The standard InChI is InChI=1S/C18H26N2O.ClH/c1-14(19)16-8-5-11-20(13-16)17(21)18(9-10-18)12-15-6-3-2-4-7-15;/h2-4,6-7,14,16H,5,8-13,19H2,1H3;1H. The topological polar surface area (TPSA) is 46.3 Å². The zero-order valence-electron chi connectivity index (χ0n) is 13.3. The van der Waals surface area contributed by atoms with E-state index in [1.165, 1.54) is 5.56 Å². The summed E-state index contributed by atoms with van der Waals surface area (Å²) in [6.07, 6.45) is 5.23. The van der Waals surface area contributed by atoms with Crippen molar-refractivity contribution >= 4 is 18.3 Å². The van der Waals surface area contributed by atoms with E-state index in [-0.39, 0.29) is 23.9 Å². The molecular formula is C18H27ClN2O. The van der Waals surface area contributed by atoms with E-state index in [9.17, 15) is 4.79 Å². The van der Waals surface area contributed by atoms with Crippen LogP contribution in [0.2, 0.25) is 0 Å². The van der Waals surface area contributed by atoms with E-state index in [1.807, 2.05) is 6.07 Å². The maximum absolute atomic E-state index is 12.9. The second-order valence-corrected chi connectivity index (χ2v) is 6.96. The van der Waals surface area contributed by atoms with E-state index in [2.05, 4.69) is 36.1 Å². The molecule has 1 heterocycles. The predicted molar refractivity (Wildman–Crippen MR) is 92.0 cm³/mol. The molecule has 3 rings (SSSR count). The first-order chi connectivity index (χ1) is 10.1. The first kappa shape index (κ1) is 17.3. The Kier molecular flexibility index (Phi) is 5.51. The fourth-order valence-electron chi connectivity index (χ4n) is 3.56. The van der Waals surface area contributed by atoms with Crippen LogP contribution in [0.4, 0.5) is 0 Å². The maximum Gasteiger partial charge on any atom is 0.229 e. The molecular weight excluding hydrogens is 296 g/mol. The van der Waals surface area contributed by atoms with Gasteiger partial charge in [-0.15, -0.1) is 12.4 Å². The first-order valence-corrected chi connectivity index (χ1v) is 8.20. The van der Waals surface area contributed by atoms with E-state index in [1.54, 1.807) is 0 Å². The minimum Gasteiger partial charge on any atom is -0.342 e. The van der Waals surface area contributed by atoms with Crippen LogP contribution in [-0.4, -0.2) is 29.9 Å². The van der Waals surface area contributed by atoms with Gasteiger partial charge < -0.3 is 10.6 Å². The van der Waals surface area contributed by atoms with Crippen LogP contribution in [-0.2, 0) is 11.2 Å². The zero-order valence-corrected chi connectivity index (χ0v) is 14.1. The summed E-state index contributed by atoms with van der Waals surface area (Å²) in [5.41, 5.74) is 7.21. The second kappa shape index (κ2) is 7.01. The lowest BCUT2D eigenvalue weighted by atomic mass is 9.89. The Labute approximate surface area is 139 Å². The molecule has 0 aromatic heterocycles. The van der Waals surface area contributed by atoms with Crippen LogP contribution in [0.25, 0.3) is 0 Å². The number of likely N-dealkylation sites (tertiary alicyclic amines) is 1. The lowest BCUT2D eigenvalue weighted by molar-refractivity contribution is -0.139. The molecule has 1 saturated heterocycles. The van der Waals surface area contributed by atoms with Crippen LogP contribution < -0.4 is 5.73 Å². The van der Waals surface area contributed by atoms with E-state index in [4.69, 9.17) is 5.73 Å². The molecule has 22 heavy (non-hydrogen) atoms. The number of nitrogens with two attached hydrogens (primary N) is 1. The summed E-state index contributed by atoms with van der Waals surface area (Å²) in [6, 6.07) is 10.6. The van der Waals surface area contributed by atoms with Gasteiger partial charge >= 0.3 is 0 Å². The average Bonchev–Trinajstić information content (AvgIpc) is 3.28. The SMILES string of the molecule is CC(N)C1CCCN(C(=O)C2(Cc3ccccc3)CC2)C1.Cl. The molecule has 2 aliphatic rings. The Morgan fingerprint density at radius 3 is 2.64 bits per heavy atom. The van der Waals surface area contributed by atoms with Gasteiger partial charge in [-0.25, -0.2) is 0 Å². The van der Waals surface area contributed by atoms with Crippen molar-refractivity contribution in [2.24, 2.45) is 17.1 Å². The zero-order chi connectivity index (χ0) is 14.9. The molecule has 2 N–H and O–H groups in total. The van der Waals surface area contributed by atoms with Gasteiger partial charge in [0.15, 0.2) is 0 Å². The van der Waals surface area contributed by atoms with Gasteiger partial charge in [0.25, 0.3) is 0 Å². The minimum absolute atomic E-state index is 0. The lowest BCUT2D eigenvalue weighted by Crippen LogP contribution is -2.47. The number of carbonyl (C=O) groups excluding carboxylic acids is 1. The number of nitrogens with zero attached hydrogens (tertiary/aromatic N) is 1. The van der Waals surface area contributed by atoms with Crippen molar-refractivity contribution < 1.29 is 4.79 Å². The Hall–Kier alpha value is -1.06. The van der Waals surface area contributed by atoms with Gasteiger partial charge in [0.1, 0.15) is 0 Å². The molecule has 1 aromatic carbocycles.